The molecule has 2 aromatic rings. The molecule has 24 heavy (non-hydrogen) atoms. The zero-order valence-corrected chi connectivity index (χ0v) is 13.7. The number of carbonyl (C=O) groups excluding carboxylic acids is 1. The quantitative estimate of drug-likeness (QED) is 0.908. The van der Waals surface area contributed by atoms with E-state index in [1.807, 2.05) is 11.0 Å². The SMILES string of the molecule is O=C(CNc1cccc(F)c1)N1CCC(Cc2ccccc2)CC1. The van der Waals surface area contributed by atoms with Crippen molar-refractivity contribution in [3.05, 3.63) is 66.0 Å². The van der Waals surface area contributed by atoms with E-state index in [-0.39, 0.29) is 18.3 Å². The Bertz CT molecular complexity index is 666. The van der Waals surface area contributed by atoms with Gasteiger partial charge >= 0.3 is 0 Å². The van der Waals surface area contributed by atoms with Crippen LogP contribution in [0.4, 0.5) is 10.1 Å². The standard InChI is InChI=1S/C20H23FN2O/c21-18-7-4-8-19(14-18)22-15-20(24)23-11-9-17(10-12-23)13-16-5-2-1-3-6-16/h1-8,14,17,22H,9-13,15H2. The third-order valence-electron chi connectivity index (χ3n) is 4.60. The second-order valence-corrected chi connectivity index (χ2v) is 6.38. The van der Waals surface area contributed by atoms with E-state index in [0.29, 0.717) is 11.6 Å². The largest absolute Gasteiger partial charge is 0.376 e. The molecule has 1 N–H and O–H groups in total. The van der Waals surface area contributed by atoms with Crippen molar-refractivity contribution in [1.29, 1.82) is 0 Å². The average Bonchev–Trinajstić information content (AvgIpc) is 2.61. The number of carbonyl (C=O) groups is 1. The van der Waals surface area contributed by atoms with Crippen LogP contribution in [0, 0.1) is 11.7 Å². The van der Waals surface area contributed by atoms with E-state index < -0.39 is 0 Å². The molecule has 2 aromatic carbocycles. The predicted octanol–water partition coefficient (Wildman–Crippen LogP) is 3.72. The number of nitrogens with one attached hydrogen (secondary N) is 1. The Balaban J connectivity index is 1.43. The van der Waals surface area contributed by atoms with Gasteiger partial charge in [-0.05, 0) is 48.9 Å². The molecule has 0 saturated carbocycles. The molecule has 1 saturated heterocycles. The molecule has 3 nitrogen and oxygen atoms in total. The van der Waals surface area contributed by atoms with Gasteiger partial charge in [-0.3, -0.25) is 4.79 Å². The molecule has 4 heteroatoms. The Morgan fingerprint density at radius 3 is 2.54 bits per heavy atom. The highest BCUT2D eigenvalue weighted by atomic mass is 19.1. The lowest BCUT2D eigenvalue weighted by Gasteiger charge is -2.32. The first kappa shape index (κ1) is 16.5. The Morgan fingerprint density at radius 2 is 1.83 bits per heavy atom. The van der Waals surface area contributed by atoms with Crippen LogP contribution in [-0.2, 0) is 11.2 Å². The first-order valence-corrected chi connectivity index (χ1v) is 8.52. The average molecular weight is 326 g/mol. The number of hydrogen-bond donors (Lipinski definition) is 1. The topological polar surface area (TPSA) is 32.3 Å². The van der Waals surface area contributed by atoms with Crippen LogP contribution < -0.4 is 5.32 Å². The summed E-state index contributed by atoms with van der Waals surface area (Å²) in [7, 11) is 0. The monoisotopic (exact) mass is 326 g/mol. The zero-order valence-electron chi connectivity index (χ0n) is 13.7. The molecule has 0 aromatic heterocycles. The van der Waals surface area contributed by atoms with Gasteiger partial charge in [0, 0.05) is 18.8 Å². The smallest absolute Gasteiger partial charge is 0.241 e. The second-order valence-electron chi connectivity index (χ2n) is 6.38. The van der Waals surface area contributed by atoms with Crippen molar-refractivity contribution >= 4 is 11.6 Å². The van der Waals surface area contributed by atoms with Crippen molar-refractivity contribution in [2.45, 2.75) is 19.3 Å². The minimum atomic E-state index is -0.297. The zero-order chi connectivity index (χ0) is 16.8. The molecular weight excluding hydrogens is 303 g/mol. The first-order valence-electron chi connectivity index (χ1n) is 8.52. The molecule has 0 radical (unpaired) electrons. The lowest BCUT2D eigenvalue weighted by Crippen LogP contribution is -2.41. The minimum absolute atomic E-state index is 0.0809. The van der Waals surface area contributed by atoms with Crippen molar-refractivity contribution in [3.63, 3.8) is 0 Å². The maximum absolute atomic E-state index is 13.1. The summed E-state index contributed by atoms with van der Waals surface area (Å²) in [4.78, 5) is 14.2. The lowest BCUT2D eigenvalue weighted by molar-refractivity contribution is -0.130. The molecule has 126 valence electrons. The van der Waals surface area contributed by atoms with Gasteiger partial charge in [0.1, 0.15) is 5.82 Å². The number of rotatable bonds is 5. The molecule has 1 heterocycles. The maximum Gasteiger partial charge on any atom is 0.241 e. The van der Waals surface area contributed by atoms with Gasteiger partial charge < -0.3 is 10.2 Å². The molecular formula is C20H23FN2O. The highest BCUT2D eigenvalue weighted by molar-refractivity contribution is 5.80. The van der Waals surface area contributed by atoms with Gasteiger partial charge in [-0.15, -0.1) is 0 Å². The van der Waals surface area contributed by atoms with Crippen LogP contribution >= 0.6 is 0 Å². The summed E-state index contributed by atoms with van der Waals surface area (Å²) < 4.78 is 13.1. The van der Waals surface area contributed by atoms with Gasteiger partial charge in [0.25, 0.3) is 0 Å². The van der Waals surface area contributed by atoms with Crippen LogP contribution in [0.1, 0.15) is 18.4 Å². The molecule has 0 aliphatic carbocycles. The lowest BCUT2D eigenvalue weighted by atomic mass is 9.90. The van der Waals surface area contributed by atoms with Crippen molar-refractivity contribution in [1.82, 2.24) is 4.90 Å². The second kappa shape index (κ2) is 7.95. The number of halogens is 1. The number of nitrogens with zero attached hydrogens (tertiary/aromatic N) is 1. The highest BCUT2D eigenvalue weighted by Gasteiger charge is 2.22. The van der Waals surface area contributed by atoms with E-state index in [4.69, 9.17) is 0 Å². The third-order valence-corrected chi connectivity index (χ3v) is 4.60. The third kappa shape index (κ3) is 4.57. The van der Waals surface area contributed by atoms with Gasteiger partial charge in [0.05, 0.1) is 6.54 Å². The van der Waals surface area contributed by atoms with Crippen molar-refractivity contribution in [2.75, 3.05) is 25.0 Å². The fourth-order valence-corrected chi connectivity index (χ4v) is 3.22. The Hall–Kier alpha value is -2.36. The molecule has 3 rings (SSSR count). The number of likely N-dealkylation sites (tertiary alicyclic amines) is 1. The summed E-state index contributed by atoms with van der Waals surface area (Å²) in [6.45, 7) is 1.83. The summed E-state index contributed by atoms with van der Waals surface area (Å²) in [5, 5.41) is 3.00. The molecule has 1 amide bonds. The maximum atomic E-state index is 13.1. The Morgan fingerprint density at radius 1 is 1.08 bits per heavy atom. The summed E-state index contributed by atoms with van der Waals surface area (Å²) >= 11 is 0. The fraction of sp³-hybridized carbons (Fsp3) is 0.350. The van der Waals surface area contributed by atoms with E-state index >= 15 is 0 Å². The summed E-state index contributed by atoms with van der Waals surface area (Å²) in [6.07, 6.45) is 3.17. The van der Waals surface area contributed by atoms with Crippen molar-refractivity contribution < 1.29 is 9.18 Å². The van der Waals surface area contributed by atoms with Crippen LogP contribution in [0.15, 0.2) is 54.6 Å². The molecule has 0 spiro atoms. The van der Waals surface area contributed by atoms with Crippen LogP contribution in [0.5, 0.6) is 0 Å². The minimum Gasteiger partial charge on any atom is -0.376 e. The van der Waals surface area contributed by atoms with Gasteiger partial charge in [0.2, 0.25) is 5.91 Å². The summed E-state index contributed by atoms with van der Waals surface area (Å²) in [5.74, 6) is 0.430. The van der Waals surface area contributed by atoms with Crippen molar-refractivity contribution in [3.8, 4) is 0 Å². The number of piperidine rings is 1. The molecule has 0 bridgehead atoms. The highest BCUT2D eigenvalue weighted by Crippen LogP contribution is 2.21. The van der Waals surface area contributed by atoms with E-state index in [9.17, 15) is 9.18 Å². The van der Waals surface area contributed by atoms with E-state index in [0.717, 1.165) is 32.4 Å². The molecule has 1 aliphatic heterocycles. The van der Waals surface area contributed by atoms with Gasteiger partial charge in [0.15, 0.2) is 0 Å². The van der Waals surface area contributed by atoms with Crippen molar-refractivity contribution in [2.24, 2.45) is 5.92 Å². The number of amides is 1. The Kier molecular flexibility index (Phi) is 5.47. The number of hydrogen-bond acceptors (Lipinski definition) is 2. The fourth-order valence-electron chi connectivity index (χ4n) is 3.22. The van der Waals surface area contributed by atoms with E-state index in [1.54, 1.807) is 12.1 Å². The number of benzene rings is 2. The predicted molar refractivity (Wildman–Crippen MR) is 94.3 cm³/mol. The molecule has 0 atom stereocenters. The number of anilines is 1. The van der Waals surface area contributed by atoms with Gasteiger partial charge in [-0.25, -0.2) is 4.39 Å². The van der Waals surface area contributed by atoms with Crippen LogP contribution in [0.2, 0.25) is 0 Å². The Labute approximate surface area is 142 Å². The summed E-state index contributed by atoms with van der Waals surface area (Å²) in [5.41, 5.74) is 2.01. The normalized spacial score (nSPS) is 15.3. The van der Waals surface area contributed by atoms with E-state index in [2.05, 4.69) is 29.6 Å². The van der Waals surface area contributed by atoms with Crippen LogP contribution in [0.25, 0.3) is 0 Å². The summed E-state index contributed by atoms with van der Waals surface area (Å²) in [6, 6.07) is 16.7. The van der Waals surface area contributed by atoms with Crippen LogP contribution in [-0.4, -0.2) is 30.4 Å². The molecule has 1 aliphatic rings. The molecule has 0 unspecified atom stereocenters. The van der Waals surface area contributed by atoms with Gasteiger partial charge in [-0.1, -0.05) is 36.4 Å². The molecule has 1 fully saturated rings. The van der Waals surface area contributed by atoms with Crippen LogP contribution in [0.3, 0.4) is 0 Å². The van der Waals surface area contributed by atoms with Gasteiger partial charge in [-0.2, -0.15) is 0 Å². The first-order chi connectivity index (χ1) is 11.7. The van der Waals surface area contributed by atoms with E-state index in [1.165, 1.54) is 17.7 Å².